The molecule has 3 heteroatoms. The maximum absolute atomic E-state index is 10.7. The molecule has 1 N–H and O–H groups in total. The summed E-state index contributed by atoms with van der Waals surface area (Å²) < 4.78 is 0. The predicted octanol–water partition coefficient (Wildman–Crippen LogP) is 3.65. The molecule has 0 bridgehead atoms. The van der Waals surface area contributed by atoms with Crippen molar-refractivity contribution in [3.8, 4) is 0 Å². The summed E-state index contributed by atoms with van der Waals surface area (Å²) >= 11 is 0. The Hall–Kier alpha value is -1.51. The van der Waals surface area contributed by atoms with E-state index in [0.717, 1.165) is 18.7 Å². The van der Waals surface area contributed by atoms with E-state index in [1.165, 1.54) is 31.4 Å². The van der Waals surface area contributed by atoms with Gasteiger partial charge in [0.2, 0.25) is 0 Å². The Morgan fingerprint density at radius 3 is 2.26 bits per heavy atom. The first-order valence-corrected chi connectivity index (χ1v) is 7.23. The summed E-state index contributed by atoms with van der Waals surface area (Å²) in [6.07, 6.45) is 5.42. The highest BCUT2D eigenvalue weighted by Crippen LogP contribution is 2.24. The molecule has 1 aliphatic rings. The number of anilines is 1. The van der Waals surface area contributed by atoms with Crippen LogP contribution in [0.1, 0.15) is 50.5 Å². The third-order valence-corrected chi connectivity index (χ3v) is 3.91. The largest absolute Gasteiger partial charge is 0.481 e. The van der Waals surface area contributed by atoms with Gasteiger partial charge in [-0.2, -0.15) is 0 Å². The van der Waals surface area contributed by atoms with Gasteiger partial charge in [0.25, 0.3) is 0 Å². The van der Waals surface area contributed by atoms with Crippen molar-refractivity contribution < 1.29 is 9.90 Å². The number of carboxylic acids is 1. The standard InChI is InChI=1S/C16H23NO2/c1-13(12-16(18)19)14-6-8-15(9-7-14)17-10-4-2-3-5-11-17/h6-9,13H,2-5,10-12H2,1H3,(H,18,19). The number of carbonyl (C=O) groups is 1. The molecule has 1 heterocycles. The molecule has 1 unspecified atom stereocenters. The van der Waals surface area contributed by atoms with E-state index in [-0.39, 0.29) is 12.3 Å². The smallest absolute Gasteiger partial charge is 0.303 e. The number of hydrogen-bond donors (Lipinski definition) is 1. The topological polar surface area (TPSA) is 40.5 Å². The molecular formula is C16H23NO2. The lowest BCUT2D eigenvalue weighted by Crippen LogP contribution is -2.23. The molecule has 0 radical (unpaired) electrons. The summed E-state index contributed by atoms with van der Waals surface area (Å²) in [6.45, 7) is 4.25. The second-order valence-electron chi connectivity index (χ2n) is 5.49. The third kappa shape index (κ3) is 3.98. The molecule has 1 aliphatic heterocycles. The molecule has 0 saturated carbocycles. The van der Waals surface area contributed by atoms with Gasteiger partial charge < -0.3 is 10.0 Å². The van der Waals surface area contributed by atoms with E-state index in [1.807, 2.05) is 6.92 Å². The quantitative estimate of drug-likeness (QED) is 0.899. The number of benzene rings is 1. The average Bonchev–Trinajstić information content (AvgIpc) is 2.67. The minimum absolute atomic E-state index is 0.0793. The maximum atomic E-state index is 10.7. The van der Waals surface area contributed by atoms with Crippen LogP contribution in [0.4, 0.5) is 5.69 Å². The summed E-state index contributed by atoms with van der Waals surface area (Å²) in [5.74, 6) is -0.653. The van der Waals surface area contributed by atoms with E-state index in [0.29, 0.717) is 0 Å². The molecule has 3 nitrogen and oxygen atoms in total. The van der Waals surface area contributed by atoms with Gasteiger partial charge in [0.15, 0.2) is 0 Å². The van der Waals surface area contributed by atoms with E-state index in [2.05, 4.69) is 29.2 Å². The van der Waals surface area contributed by atoms with Crippen LogP contribution in [0.3, 0.4) is 0 Å². The van der Waals surface area contributed by atoms with Crippen LogP contribution in [0.15, 0.2) is 24.3 Å². The van der Waals surface area contributed by atoms with Crippen molar-refractivity contribution >= 4 is 11.7 Å². The maximum Gasteiger partial charge on any atom is 0.303 e. The molecule has 0 spiro atoms. The lowest BCUT2D eigenvalue weighted by atomic mass is 9.97. The Labute approximate surface area is 115 Å². The second-order valence-corrected chi connectivity index (χ2v) is 5.49. The zero-order chi connectivity index (χ0) is 13.7. The molecule has 104 valence electrons. The second kappa shape index (κ2) is 6.60. The first-order chi connectivity index (χ1) is 9.16. The summed E-state index contributed by atoms with van der Waals surface area (Å²) in [5.41, 5.74) is 2.38. The minimum atomic E-state index is -0.732. The first-order valence-electron chi connectivity index (χ1n) is 7.23. The third-order valence-electron chi connectivity index (χ3n) is 3.91. The Bertz CT molecular complexity index is 405. The number of rotatable bonds is 4. The number of aliphatic carboxylic acids is 1. The van der Waals surface area contributed by atoms with Crippen molar-refractivity contribution in [2.45, 2.75) is 44.9 Å². The number of carboxylic acid groups (broad SMARTS) is 1. The zero-order valence-corrected chi connectivity index (χ0v) is 11.6. The average molecular weight is 261 g/mol. The van der Waals surface area contributed by atoms with Crippen LogP contribution in [-0.4, -0.2) is 24.2 Å². The fourth-order valence-electron chi connectivity index (χ4n) is 2.72. The van der Waals surface area contributed by atoms with Crippen molar-refractivity contribution in [3.63, 3.8) is 0 Å². The predicted molar refractivity (Wildman–Crippen MR) is 77.8 cm³/mol. The van der Waals surface area contributed by atoms with Crippen LogP contribution in [-0.2, 0) is 4.79 Å². The number of nitrogens with zero attached hydrogens (tertiary/aromatic N) is 1. The number of hydrogen-bond acceptors (Lipinski definition) is 2. The molecule has 1 saturated heterocycles. The van der Waals surface area contributed by atoms with Crippen molar-refractivity contribution in [3.05, 3.63) is 29.8 Å². The molecule has 1 aromatic carbocycles. The first kappa shape index (κ1) is 13.9. The Kier molecular flexibility index (Phi) is 4.83. The Morgan fingerprint density at radius 1 is 1.16 bits per heavy atom. The van der Waals surface area contributed by atoms with Crippen LogP contribution in [0.25, 0.3) is 0 Å². The van der Waals surface area contributed by atoms with Gasteiger partial charge in [0.1, 0.15) is 0 Å². The van der Waals surface area contributed by atoms with Gasteiger partial charge in [0.05, 0.1) is 6.42 Å². The summed E-state index contributed by atoms with van der Waals surface area (Å²) in [6, 6.07) is 8.43. The fraction of sp³-hybridized carbons (Fsp3) is 0.562. The van der Waals surface area contributed by atoms with Gasteiger partial charge in [-0.25, -0.2) is 0 Å². The SMILES string of the molecule is CC(CC(=O)O)c1ccc(N2CCCCCC2)cc1. The monoisotopic (exact) mass is 261 g/mol. The normalized spacial score (nSPS) is 17.8. The van der Waals surface area contributed by atoms with Crippen LogP contribution in [0.2, 0.25) is 0 Å². The lowest BCUT2D eigenvalue weighted by Gasteiger charge is -2.23. The van der Waals surface area contributed by atoms with Gasteiger partial charge in [-0.05, 0) is 36.5 Å². The van der Waals surface area contributed by atoms with Crippen molar-refractivity contribution in [2.24, 2.45) is 0 Å². The van der Waals surface area contributed by atoms with E-state index in [4.69, 9.17) is 5.11 Å². The highest BCUT2D eigenvalue weighted by molar-refractivity contribution is 5.68. The molecule has 0 aromatic heterocycles. The van der Waals surface area contributed by atoms with Gasteiger partial charge in [-0.3, -0.25) is 4.79 Å². The highest BCUT2D eigenvalue weighted by Gasteiger charge is 2.12. The Morgan fingerprint density at radius 2 is 1.74 bits per heavy atom. The molecule has 0 aliphatic carbocycles. The van der Waals surface area contributed by atoms with Crippen LogP contribution in [0, 0.1) is 0 Å². The van der Waals surface area contributed by atoms with Crippen LogP contribution < -0.4 is 4.90 Å². The highest BCUT2D eigenvalue weighted by atomic mass is 16.4. The van der Waals surface area contributed by atoms with E-state index in [9.17, 15) is 4.79 Å². The molecule has 1 fully saturated rings. The summed E-state index contributed by atoms with van der Waals surface area (Å²) in [4.78, 5) is 13.2. The van der Waals surface area contributed by atoms with E-state index >= 15 is 0 Å². The van der Waals surface area contributed by atoms with Gasteiger partial charge in [-0.15, -0.1) is 0 Å². The van der Waals surface area contributed by atoms with E-state index in [1.54, 1.807) is 0 Å². The minimum Gasteiger partial charge on any atom is -0.481 e. The van der Waals surface area contributed by atoms with Crippen molar-refractivity contribution in [2.75, 3.05) is 18.0 Å². The molecule has 2 rings (SSSR count). The van der Waals surface area contributed by atoms with Gasteiger partial charge in [-0.1, -0.05) is 31.9 Å². The lowest BCUT2D eigenvalue weighted by molar-refractivity contribution is -0.137. The van der Waals surface area contributed by atoms with E-state index < -0.39 is 5.97 Å². The fourth-order valence-corrected chi connectivity index (χ4v) is 2.72. The van der Waals surface area contributed by atoms with Crippen molar-refractivity contribution in [1.82, 2.24) is 0 Å². The van der Waals surface area contributed by atoms with Crippen LogP contribution >= 0.6 is 0 Å². The van der Waals surface area contributed by atoms with Gasteiger partial charge in [0, 0.05) is 18.8 Å². The molecular weight excluding hydrogens is 238 g/mol. The molecule has 1 aromatic rings. The van der Waals surface area contributed by atoms with Gasteiger partial charge >= 0.3 is 5.97 Å². The summed E-state index contributed by atoms with van der Waals surface area (Å²) in [7, 11) is 0. The molecule has 19 heavy (non-hydrogen) atoms. The summed E-state index contributed by atoms with van der Waals surface area (Å²) in [5, 5.41) is 8.83. The molecule has 1 atom stereocenters. The Balaban J connectivity index is 2.02. The van der Waals surface area contributed by atoms with Crippen LogP contribution in [0.5, 0.6) is 0 Å². The van der Waals surface area contributed by atoms with Crippen molar-refractivity contribution in [1.29, 1.82) is 0 Å². The zero-order valence-electron chi connectivity index (χ0n) is 11.6. The molecule has 0 amide bonds.